The standard InChI is InChI=1S/C15H21N3/c1-2-11-3-6-13(7-4-11)18-15-9-12(10-16)5-8-14(15)17/h5,8-9,11,13,18H,2-4,6-7,17H2,1H3. The summed E-state index contributed by atoms with van der Waals surface area (Å²) in [6.45, 7) is 2.27. The lowest BCUT2D eigenvalue weighted by molar-refractivity contribution is 0.330. The highest BCUT2D eigenvalue weighted by Crippen LogP contribution is 2.30. The van der Waals surface area contributed by atoms with Crippen molar-refractivity contribution in [2.24, 2.45) is 5.92 Å². The quantitative estimate of drug-likeness (QED) is 0.798. The Hall–Kier alpha value is -1.69. The monoisotopic (exact) mass is 243 g/mol. The van der Waals surface area contributed by atoms with E-state index in [1.807, 2.05) is 6.07 Å². The summed E-state index contributed by atoms with van der Waals surface area (Å²) in [5.41, 5.74) is 8.24. The Kier molecular flexibility index (Phi) is 4.09. The topological polar surface area (TPSA) is 61.8 Å². The van der Waals surface area contributed by atoms with Crippen molar-refractivity contribution in [2.45, 2.75) is 45.1 Å². The van der Waals surface area contributed by atoms with Crippen LogP contribution in [-0.2, 0) is 0 Å². The Bertz CT molecular complexity index is 440. The second-order valence-corrected chi connectivity index (χ2v) is 5.18. The summed E-state index contributed by atoms with van der Waals surface area (Å²) in [6, 6.07) is 8.07. The molecular formula is C15H21N3. The summed E-state index contributed by atoms with van der Waals surface area (Å²) in [5.74, 6) is 0.894. The molecule has 3 nitrogen and oxygen atoms in total. The van der Waals surface area contributed by atoms with E-state index in [-0.39, 0.29) is 0 Å². The molecule has 0 saturated heterocycles. The predicted molar refractivity (Wildman–Crippen MR) is 75.2 cm³/mol. The van der Waals surface area contributed by atoms with Crippen molar-refractivity contribution in [3.05, 3.63) is 23.8 Å². The molecule has 0 unspecified atom stereocenters. The maximum absolute atomic E-state index is 8.91. The van der Waals surface area contributed by atoms with Gasteiger partial charge in [-0.3, -0.25) is 0 Å². The zero-order chi connectivity index (χ0) is 13.0. The molecule has 1 aliphatic rings. The zero-order valence-corrected chi connectivity index (χ0v) is 10.9. The predicted octanol–water partition coefficient (Wildman–Crippen LogP) is 3.52. The minimum atomic E-state index is 0.504. The summed E-state index contributed by atoms with van der Waals surface area (Å²) >= 11 is 0. The highest BCUT2D eigenvalue weighted by atomic mass is 14.9. The van der Waals surface area contributed by atoms with Crippen LogP contribution in [0.1, 0.15) is 44.6 Å². The van der Waals surface area contributed by atoms with Crippen LogP contribution in [0, 0.1) is 17.2 Å². The molecule has 0 aromatic heterocycles. The molecule has 3 N–H and O–H groups in total. The molecular weight excluding hydrogens is 222 g/mol. The lowest BCUT2D eigenvalue weighted by Crippen LogP contribution is -2.26. The van der Waals surface area contributed by atoms with Gasteiger partial charge in [0.1, 0.15) is 0 Å². The number of rotatable bonds is 3. The van der Waals surface area contributed by atoms with Crippen molar-refractivity contribution >= 4 is 11.4 Å². The van der Waals surface area contributed by atoms with Crippen molar-refractivity contribution in [1.82, 2.24) is 0 Å². The molecule has 0 aliphatic heterocycles. The number of benzene rings is 1. The molecule has 1 aromatic rings. The van der Waals surface area contributed by atoms with Gasteiger partial charge in [-0.05, 0) is 49.8 Å². The van der Waals surface area contributed by atoms with E-state index in [1.165, 1.54) is 32.1 Å². The fourth-order valence-electron chi connectivity index (χ4n) is 2.69. The maximum atomic E-state index is 8.91. The second kappa shape index (κ2) is 5.77. The van der Waals surface area contributed by atoms with Crippen LogP contribution in [0.5, 0.6) is 0 Å². The van der Waals surface area contributed by atoms with Gasteiger partial charge in [0, 0.05) is 6.04 Å². The molecule has 18 heavy (non-hydrogen) atoms. The van der Waals surface area contributed by atoms with E-state index in [4.69, 9.17) is 11.0 Å². The van der Waals surface area contributed by atoms with Crippen molar-refractivity contribution in [2.75, 3.05) is 11.1 Å². The summed E-state index contributed by atoms with van der Waals surface area (Å²) < 4.78 is 0. The number of anilines is 2. The molecule has 0 radical (unpaired) electrons. The average Bonchev–Trinajstić information content (AvgIpc) is 2.42. The Morgan fingerprint density at radius 1 is 1.33 bits per heavy atom. The first-order valence-corrected chi connectivity index (χ1v) is 6.79. The zero-order valence-electron chi connectivity index (χ0n) is 10.9. The van der Waals surface area contributed by atoms with E-state index in [2.05, 4.69) is 18.3 Å². The molecule has 1 saturated carbocycles. The third kappa shape index (κ3) is 2.95. The van der Waals surface area contributed by atoms with Gasteiger partial charge in [-0.2, -0.15) is 5.26 Å². The smallest absolute Gasteiger partial charge is 0.0992 e. The van der Waals surface area contributed by atoms with Gasteiger partial charge in [0.15, 0.2) is 0 Å². The third-order valence-electron chi connectivity index (χ3n) is 3.97. The van der Waals surface area contributed by atoms with Gasteiger partial charge < -0.3 is 11.1 Å². The summed E-state index contributed by atoms with van der Waals surface area (Å²) in [6.07, 6.45) is 6.29. The molecule has 0 atom stereocenters. The Morgan fingerprint density at radius 3 is 2.67 bits per heavy atom. The molecule has 1 fully saturated rings. The molecule has 1 aliphatic carbocycles. The first kappa shape index (κ1) is 12.8. The van der Waals surface area contributed by atoms with Crippen LogP contribution in [0.3, 0.4) is 0 Å². The van der Waals surface area contributed by atoms with Crippen LogP contribution in [0.25, 0.3) is 0 Å². The number of hydrogen-bond acceptors (Lipinski definition) is 3. The number of nitrogens with two attached hydrogens (primary N) is 1. The number of nitrogen functional groups attached to an aromatic ring is 1. The number of hydrogen-bond donors (Lipinski definition) is 2. The fourth-order valence-corrected chi connectivity index (χ4v) is 2.69. The minimum Gasteiger partial charge on any atom is -0.397 e. The van der Waals surface area contributed by atoms with Gasteiger partial charge in [0.2, 0.25) is 0 Å². The third-order valence-corrected chi connectivity index (χ3v) is 3.97. The van der Waals surface area contributed by atoms with E-state index in [9.17, 15) is 0 Å². The lowest BCUT2D eigenvalue weighted by Gasteiger charge is -2.29. The SMILES string of the molecule is CCC1CCC(Nc2cc(C#N)ccc2N)CC1. The van der Waals surface area contributed by atoms with Gasteiger partial charge >= 0.3 is 0 Å². The van der Waals surface area contributed by atoms with Crippen molar-refractivity contribution in [1.29, 1.82) is 5.26 Å². The maximum Gasteiger partial charge on any atom is 0.0992 e. The Balaban J connectivity index is 2.00. The second-order valence-electron chi connectivity index (χ2n) is 5.18. The lowest BCUT2D eigenvalue weighted by atomic mass is 9.84. The van der Waals surface area contributed by atoms with E-state index in [1.54, 1.807) is 12.1 Å². The first-order valence-electron chi connectivity index (χ1n) is 6.79. The summed E-state index contributed by atoms with van der Waals surface area (Å²) in [7, 11) is 0. The highest BCUT2D eigenvalue weighted by molar-refractivity contribution is 5.68. The van der Waals surface area contributed by atoms with Gasteiger partial charge in [0.05, 0.1) is 23.0 Å². The van der Waals surface area contributed by atoms with Crippen LogP contribution in [0.4, 0.5) is 11.4 Å². The first-order chi connectivity index (χ1) is 8.72. The van der Waals surface area contributed by atoms with Crippen LogP contribution >= 0.6 is 0 Å². The fraction of sp³-hybridized carbons (Fsp3) is 0.533. The average molecular weight is 243 g/mol. The molecule has 0 heterocycles. The molecule has 96 valence electrons. The largest absolute Gasteiger partial charge is 0.397 e. The summed E-state index contributed by atoms with van der Waals surface area (Å²) in [4.78, 5) is 0. The molecule has 0 amide bonds. The van der Waals surface area contributed by atoms with Gasteiger partial charge in [0.25, 0.3) is 0 Å². The van der Waals surface area contributed by atoms with Gasteiger partial charge in [-0.1, -0.05) is 13.3 Å². The van der Waals surface area contributed by atoms with E-state index >= 15 is 0 Å². The van der Waals surface area contributed by atoms with E-state index in [0.717, 1.165) is 17.3 Å². The van der Waals surface area contributed by atoms with Crippen LogP contribution in [0.15, 0.2) is 18.2 Å². The highest BCUT2D eigenvalue weighted by Gasteiger charge is 2.20. The molecule has 0 spiro atoms. The molecule has 3 heteroatoms. The Morgan fingerprint density at radius 2 is 2.06 bits per heavy atom. The van der Waals surface area contributed by atoms with Crippen LogP contribution in [-0.4, -0.2) is 6.04 Å². The van der Waals surface area contributed by atoms with Gasteiger partial charge in [-0.25, -0.2) is 0 Å². The van der Waals surface area contributed by atoms with Gasteiger partial charge in [-0.15, -0.1) is 0 Å². The Labute approximate surface area is 109 Å². The van der Waals surface area contributed by atoms with Crippen LogP contribution in [0.2, 0.25) is 0 Å². The number of nitrogens with zero attached hydrogens (tertiary/aromatic N) is 1. The normalized spacial score (nSPS) is 23.3. The molecule has 0 bridgehead atoms. The van der Waals surface area contributed by atoms with Crippen LogP contribution < -0.4 is 11.1 Å². The summed E-state index contributed by atoms with van der Waals surface area (Å²) in [5, 5.41) is 12.4. The van der Waals surface area contributed by atoms with E-state index < -0.39 is 0 Å². The van der Waals surface area contributed by atoms with Crippen molar-refractivity contribution in [3.63, 3.8) is 0 Å². The van der Waals surface area contributed by atoms with E-state index in [0.29, 0.717) is 11.6 Å². The number of nitriles is 1. The van der Waals surface area contributed by atoms with Crippen molar-refractivity contribution in [3.8, 4) is 6.07 Å². The van der Waals surface area contributed by atoms with Crippen molar-refractivity contribution < 1.29 is 0 Å². The number of nitrogens with one attached hydrogen (secondary N) is 1. The molecule has 1 aromatic carbocycles. The minimum absolute atomic E-state index is 0.504. The molecule has 2 rings (SSSR count).